The van der Waals surface area contributed by atoms with E-state index in [4.69, 9.17) is 27.9 Å². The minimum Gasteiger partial charge on any atom is -0.505 e. The Hall–Kier alpha value is -3.70. The van der Waals surface area contributed by atoms with Gasteiger partial charge in [0.25, 0.3) is 16.0 Å². The number of carbonyl (C=O) groups is 1. The number of carbonyl (C=O) groups excluding carboxylic acids is 1. The van der Waals surface area contributed by atoms with Gasteiger partial charge in [-0.15, -0.1) is 5.11 Å². The maximum Gasteiger partial charge on any atom is 0.294 e. The number of nitrogens with zero attached hydrogens (tertiary/aromatic N) is 2. The molecular weight excluding hydrogens is 565 g/mol. The molecule has 0 aliphatic carbocycles. The van der Waals surface area contributed by atoms with E-state index in [1.54, 1.807) is 56.3 Å². The zero-order valence-corrected chi connectivity index (χ0v) is 23.1. The second-order valence-corrected chi connectivity index (χ2v) is 10.5. The van der Waals surface area contributed by atoms with Gasteiger partial charge in [-0.2, -0.15) is 13.5 Å². The van der Waals surface area contributed by atoms with Gasteiger partial charge < -0.3 is 15.2 Å². The highest BCUT2D eigenvalue weighted by Crippen LogP contribution is 2.40. The lowest BCUT2D eigenvalue weighted by Crippen LogP contribution is -2.12. The van der Waals surface area contributed by atoms with E-state index in [1.165, 1.54) is 12.1 Å². The molecule has 0 spiro atoms. The van der Waals surface area contributed by atoms with Crippen molar-refractivity contribution in [1.29, 1.82) is 0 Å². The zero-order chi connectivity index (χ0) is 28.3. The molecule has 0 fully saturated rings. The number of hydrogen-bond donors (Lipinski definition) is 3. The van der Waals surface area contributed by atoms with Crippen molar-refractivity contribution in [2.24, 2.45) is 10.2 Å². The van der Waals surface area contributed by atoms with E-state index < -0.39 is 21.8 Å². The third kappa shape index (κ3) is 6.15. The average molecular weight is 588 g/mol. The maximum absolute atomic E-state index is 13.2. The van der Waals surface area contributed by atoms with E-state index in [2.05, 4.69) is 15.5 Å². The van der Waals surface area contributed by atoms with Gasteiger partial charge in [0.1, 0.15) is 16.3 Å². The van der Waals surface area contributed by atoms with Crippen molar-refractivity contribution in [3.8, 4) is 11.5 Å². The molecule has 1 amide bonds. The standard InChI is InChI=1S/C27H23Cl2N3O6S/c1-3-18-22(29)12-17(14-24(18)39(35,36)37)31-32-25-19-8-6-5-7-15(19)11-20(26(25)33)27(34)30-16-9-10-21(28)23(13-16)38-4-2/h5-14,33H,3-4H2,1-2H3,(H,30,34)(H,35,36,37). The van der Waals surface area contributed by atoms with Crippen LogP contribution in [0.5, 0.6) is 11.5 Å². The Balaban J connectivity index is 1.78. The van der Waals surface area contributed by atoms with E-state index in [0.717, 1.165) is 6.07 Å². The van der Waals surface area contributed by atoms with Gasteiger partial charge in [-0.05, 0) is 54.6 Å². The Morgan fingerprint density at radius 3 is 2.44 bits per heavy atom. The molecule has 0 heterocycles. The first-order chi connectivity index (χ1) is 18.5. The van der Waals surface area contributed by atoms with Gasteiger partial charge in [-0.1, -0.05) is 54.4 Å². The molecule has 4 rings (SSSR count). The number of halogens is 2. The predicted octanol–water partition coefficient (Wildman–Crippen LogP) is 7.73. The molecule has 39 heavy (non-hydrogen) atoms. The first-order valence-corrected chi connectivity index (χ1v) is 13.9. The Bertz CT molecular complexity index is 1720. The summed E-state index contributed by atoms with van der Waals surface area (Å²) in [6, 6.07) is 15.7. The molecule has 12 heteroatoms. The number of amides is 1. The molecule has 0 aliphatic rings. The van der Waals surface area contributed by atoms with E-state index in [0.29, 0.717) is 33.8 Å². The molecule has 3 N–H and O–H groups in total. The van der Waals surface area contributed by atoms with Gasteiger partial charge in [-0.3, -0.25) is 9.35 Å². The molecule has 9 nitrogen and oxygen atoms in total. The molecule has 0 atom stereocenters. The fraction of sp³-hybridized carbons (Fsp3) is 0.148. The van der Waals surface area contributed by atoms with E-state index >= 15 is 0 Å². The van der Waals surface area contributed by atoms with Crippen LogP contribution in [-0.2, 0) is 16.5 Å². The van der Waals surface area contributed by atoms with Crippen LogP contribution in [-0.4, -0.2) is 30.6 Å². The van der Waals surface area contributed by atoms with Crippen LogP contribution in [0.25, 0.3) is 10.8 Å². The Morgan fingerprint density at radius 2 is 1.74 bits per heavy atom. The summed E-state index contributed by atoms with van der Waals surface area (Å²) >= 11 is 12.4. The van der Waals surface area contributed by atoms with Crippen molar-refractivity contribution in [2.45, 2.75) is 25.2 Å². The molecular formula is C27H23Cl2N3O6S. The first kappa shape index (κ1) is 28.3. The van der Waals surface area contributed by atoms with Crippen molar-refractivity contribution in [3.05, 3.63) is 81.8 Å². The van der Waals surface area contributed by atoms with Gasteiger partial charge in [-0.25, -0.2) is 0 Å². The van der Waals surface area contributed by atoms with Gasteiger partial charge >= 0.3 is 0 Å². The molecule has 0 unspecified atom stereocenters. The lowest BCUT2D eigenvalue weighted by atomic mass is 10.0. The third-order valence-corrected chi connectivity index (χ3v) is 7.33. The van der Waals surface area contributed by atoms with Crippen LogP contribution < -0.4 is 10.1 Å². The molecule has 0 bridgehead atoms. The molecule has 4 aromatic rings. The van der Waals surface area contributed by atoms with Crippen molar-refractivity contribution in [1.82, 2.24) is 0 Å². The average Bonchev–Trinajstić information content (AvgIpc) is 2.89. The van der Waals surface area contributed by atoms with Gasteiger partial charge in [0.2, 0.25) is 0 Å². The number of fused-ring (bicyclic) bond motifs is 1. The molecule has 4 aromatic carbocycles. The summed E-state index contributed by atoms with van der Waals surface area (Å²) in [6.07, 6.45) is 0.258. The summed E-state index contributed by atoms with van der Waals surface area (Å²) in [7, 11) is -4.58. The molecule has 0 saturated heterocycles. The fourth-order valence-corrected chi connectivity index (χ4v) is 5.38. The first-order valence-electron chi connectivity index (χ1n) is 11.7. The number of phenolic OH excluding ortho intramolecular Hbond substituents is 1. The van der Waals surface area contributed by atoms with Crippen LogP contribution >= 0.6 is 23.2 Å². The van der Waals surface area contributed by atoms with E-state index in [-0.39, 0.29) is 38.8 Å². The van der Waals surface area contributed by atoms with Gasteiger partial charge in [0.05, 0.1) is 22.9 Å². The van der Waals surface area contributed by atoms with Gasteiger partial charge in [0, 0.05) is 22.2 Å². The molecule has 0 aromatic heterocycles. The highest BCUT2D eigenvalue weighted by Gasteiger charge is 2.21. The number of benzene rings is 4. The quantitative estimate of drug-likeness (QED) is 0.142. The Morgan fingerprint density at radius 1 is 1.00 bits per heavy atom. The van der Waals surface area contributed by atoms with E-state index in [1.807, 2.05) is 0 Å². The van der Waals surface area contributed by atoms with Crippen LogP contribution in [0.15, 0.2) is 75.8 Å². The molecule has 202 valence electrons. The largest absolute Gasteiger partial charge is 0.505 e. The summed E-state index contributed by atoms with van der Waals surface area (Å²) in [5.41, 5.74) is 0.557. The van der Waals surface area contributed by atoms with Crippen LogP contribution in [0.3, 0.4) is 0 Å². The van der Waals surface area contributed by atoms with Crippen molar-refractivity contribution >= 4 is 67.1 Å². The number of ether oxygens (including phenoxy) is 1. The number of rotatable bonds is 8. The van der Waals surface area contributed by atoms with Crippen LogP contribution in [0.1, 0.15) is 29.8 Å². The van der Waals surface area contributed by atoms with Crippen molar-refractivity contribution in [3.63, 3.8) is 0 Å². The van der Waals surface area contributed by atoms with Crippen molar-refractivity contribution in [2.75, 3.05) is 11.9 Å². The lowest BCUT2D eigenvalue weighted by molar-refractivity contribution is 0.102. The molecule has 0 saturated carbocycles. The number of anilines is 1. The second kappa shape index (κ2) is 11.6. The minimum absolute atomic E-state index is 0.0199. The van der Waals surface area contributed by atoms with Crippen LogP contribution in [0.2, 0.25) is 10.0 Å². The number of nitrogens with one attached hydrogen (secondary N) is 1. The van der Waals surface area contributed by atoms with Crippen LogP contribution in [0.4, 0.5) is 17.1 Å². The summed E-state index contributed by atoms with van der Waals surface area (Å²) in [5.74, 6) is -0.671. The second-order valence-electron chi connectivity index (χ2n) is 8.31. The summed E-state index contributed by atoms with van der Waals surface area (Å²) in [5, 5.41) is 23.6. The molecule has 0 aliphatic heterocycles. The normalized spacial score (nSPS) is 11.7. The number of aromatic hydroxyl groups is 1. The smallest absolute Gasteiger partial charge is 0.294 e. The monoisotopic (exact) mass is 587 g/mol. The highest BCUT2D eigenvalue weighted by atomic mass is 35.5. The molecule has 0 radical (unpaired) electrons. The highest BCUT2D eigenvalue weighted by molar-refractivity contribution is 7.85. The fourth-order valence-electron chi connectivity index (χ4n) is 3.97. The summed E-state index contributed by atoms with van der Waals surface area (Å²) < 4.78 is 38.9. The Labute approximate surface area is 234 Å². The number of hydrogen-bond acceptors (Lipinski definition) is 7. The van der Waals surface area contributed by atoms with E-state index in [9.17, 15) is 22.9 Å². The predicted molar refractivity (Wildman–Crippen MR) is 151 cm³/mol. The lowest BCUT2D eigenvalue weighted by Gasteiger charge is -2.13. The topological polar surface area (TPSA) is 138 Å². The Kier molecular flexibility index (Phi) is 8.41. The number of azo groups is 1. The van der Waals surface area contributed by atoms with Crippen molar-refractivity contribution < 1.29 is 27.6 Å². The summed E-state index contributed by atoms with van der Waals surface area (Å²) in [6.45, 7) is 3.88. The SMILES string of the molecule is CCOc1cc(NC(=O)c2cc3ccccc3c(N=Nc3cc(Cl)c(CC)c(S(=O)(=O)O)c3)c2O)ccc1Cl. The van der Waals surface area contributed by atoms with Gasteiger partial charge in [0.15, 0.2) is 5.75 Å². The number of phenols is 1. The van der Waals surface area contributed by atoms with Crippen LogP contribution in [0, 0.1) is 0 Å². The third-order valence-electron chi connectivity index (χ3n) is 5.76. The zero-order valence-electron chi connectivity index (χ0n) is 20.8. The minimum atomic E-state index is -4.58. The summed E-state index contributed by atoms with van der Waals surface area (Å²) in [4.78, 5) is 12.8. The maximum atomic E-state index is 13.2.